The van der Waals surface area contributed by atoms with Crippen molar-refractivity contribution in [2.45, 2.75) is 38.2 Å². The fourth-order valence-electron chi connectivity index (χ4n) is 2.19. The fourth-order valence-corrected chi connectivity index (χ4v) is 2.19. The van der Waals surface area contributed by atoms with Crippen LogP contribution in [0.15, 0.2) is 24.3 Å². The third-order valence-electron chi connectivity index (χ3n) is 3.31. The zero-order valence-electron chi connectivity index (χ0n) is 10.3. The van der Waals surface area contributed by atoms with Crippen LogP contribution in [0.25, 0.3) is 0 Å². The highest BCUT2D eigenvalue weighted by Gasteiger charge is 2.41. The number of hydrogen-bond donors (Lipinski definition) is 1. The molecule has 0 heterocycles. The monoisotopic (exact) mass is 248 g/mol. The van der Waals surface area contributed by atoms with Crippen molar-refractivity contribution in [2.75, 3.05) is 0 Å². The molecule has 4 nitrogen and oxygen atoms in total. The van der Waals surface area contributed by atoms with Gasteiger partial charge in [-0.3, -0.25) is 9.59 Å². The number of ketones is 1. The van der Waals surface area contributed by atoms with E-state index in [4.69, 9.17) is 9.84 Å². The molecule has 0 amide bonds. The molecular formula is C14H16O4. The summed E-state index contributed by atoms with van der Waals surface area (Å²) in [6.45, 7) is 1.50. The second-order valence-corrected chi connectivity index (χ2v) is 4.79. The first kappa shape index (κ1) is 12.6. The molecule has 0 atom stereocenters. The quantitative estimate of drug-likeness (QED) is 0.814. The summed E-state index contributed by atoms with van der Waals surface area (Å²) >= 11 is 0. The molecule has 0 radical (unpaired) electrons. The maximum atomic E-state index is 11.3. The number of carbonyl (C=O) groups is 2. The highest BCUT2D eigenvalue weighted by Crippen LogP contribution is 2.39. The van der Waals surface area contributed by atoms with E-state index < -0.39 is 11.6 Å². The Bertz CT molecular complexity index is 474. The van der Waals surface area contributed by atoms with Crippen molar-refractivity contribution in [3.8, 4) is 5.75 Å². The number of Topliss-reactive ketones (excluding diaryl/α,β-unsaturated/α-hetero) is 1. The predicted molar refractivity (Wildman–Crippen MR) is 65.9 cm³/mol. The van der Waals surface area contributed by atoms with Crippen molar-refractivity contribution in [1.82, 2.24) is 0 Å². The summed E-state index contributed by atoms with van der Waals surface area (Å²) < 4.78 is 5.81. The normalized spacial score (nSPS) is 16.7. The number of rotatable bonds is 5. The Balaban J connectivity index is 2.14. The van der Waals surface area contributed by atoms with Crippen LogP contribution in [0.1, 0.15) is 43.0 Å². The van der Waals surface area contributed by atoms with E-state index in [-0.39, 0.29) is 12.2 Å². The molecule has 1 saturated carbocycles. The maximum Gasteiger partial charge on any atom is 0.307 e. The molecule has 0 saturated heterocycles. The van der Waals surface area contributed by atoms with E-state index in [1.54, 1.807) is 24.3 Å². The molecule has 1 N–H and O–H groups in total. The predicted octanol–water partition coefficient (Wildman–Crippen LogP) is 2.67. The minimum atomic E-state index is -0.850. The van der Waals surface area contributed by atoms with Crippen LogP contribution in [-0.2, 0) is 4.79 Å². The molecular weight excluding hydrogens is 232 g/mol. The second-order valence-electron chi connectivity index (χ2n) is 4.79. The van der Waals surface area contributed by atoms with Crippen LogP contribution in [0.4, 0.5) is 0 Å². The lowest BCUT2D eigenvalue weighted by atomic mass is 9.77. The minimum Gasteiger partial charge on any atom is -0.487 e. The molecule has 1 aliphatic rings. The van der Waals surface area contributed by atoms with Gasteiger partial charge in [-0.15, -0.1) is 0 Å². The van der Waals surface area contributed by atoms with Crippen molar-refractivity contribution >= 4 is 11.8 Å². The van der Waals surface area contributed by atoms with E-state index in [1.165, 1.54) is 6.92 Å². The Morgan fingerprint density at radius 2 is 2.11 bits per heavy atom. The standard InChI is InChI=1S/C14H16O4/c1-10(15)11-4-2-5-12(8-11)18-14(6-3-7-14)9-13(16)17/h2,4-5,8H,3,6-7,9H2,1H3,(H,16,17). The molecule has 0 bridgehead atoms. The lowest BCUT2D eigenvalue weighted by Crippen LogP contribution is -2.45. The number of carboxylic acid groups (broad SMARTS) is 1. The molecule has 2 rings (SSSR count). The molecule has 0 aromatic heterocycles. The van der Waals surface area contributed by atoms with Gasteiger partial charge in [0.25, 0.3) is 0 Å². The third-order valence-corrected chi connectivity index (χ3v) is 3.31. The fraction of sp³-hybridized carbons (Fsp3) is 0.429. The Kier molecular flexibility index (Phi) is 3.36. The molecule has 1 aromatic rings. The average Bonchev–Trinajstić information content (AvgIpc) is 2.25. The molecule has 0 spiro atoms. The maximum absolute atomic E-state index is 11.3. The molecule has 0 aliphatic heterocycles. The van der Waals surface area contributed by atoms with Crippen molar-refractivity contribution in [1.29, 1.82) is 0 Å². The SMILES string of the molecule is CC(=O)c1cccc(OC2(CC(=O)O)CCC2)c1. The summed E-state index contributed by atoms with van der Waals surface area (Å²) in [7, 11) is 0. The first-order valence-corrected chi connectivity index (χ1v) is 6.03. The van der Waals surface area contributed by atoms with Gasteiger partial charge in [0.2, 0.25) is 0 Å². The molecule has 1 fully saturated rings. The zero-order chi connectivity index (χ0) is 13.2. The number of carbonyl (C=O) groups excluding carboxylic acids is 1. The van der Waals surface area contributed by atoms with Gasteiger partial charge in [0.15, 0.2) is 5.78 Å². The average molecular weight is 248 g/mol. The Hall–Kier alpha value is -1.84. The van der Waals surface area contributed by atoms with E-state index in [0.29, 0.717) is 11.3 Å². The zero-order valence-corrected chi connectivity index (χ0v) is 10.3. The Labute approximate surface area is 106 Å². The van der Waals surface area contributed by atoms with Gasteiger partial charge < -0.3 is 9.84 Å². The van der Waals surface area contributed by atoms with Crippen molar-refractivity contribution in [3.05, 3.63) is 29.8 Å². The topological polar surface area (TPSA) is 63.6 Å². The van der Waals surface area contributed by atoms with Crippen LogP contribution in [0.2, 0.25) is 0 Å². The molecule has 4 heteroatoms. The van der Waals surface area contributed by atoms with Crippen LogP contribution in [-0.4, -0.2) is 22.5 Å². The Morgan fingerprint density at radius 1 is 1.39 bits per heavy atom. The second kappa shape index (κ2) is 4.80. The Morgan fingerprint density at radius 3 is 2.61 bits per heavy atom. The number of ether oxygens (including phenoxy) is 1. The third kappa shape index (κ3) is 2.70. The summed E-state index contributed by atoms with van der Waals surface area (Å²) in [5.41, 5.74) is -0.00127. The number of carboxylic acids is 1. The molecule has 18 heavy (non-hydrogen) atoms. The van der Waals surface area contributed by atoms with E-state index in [1.807, 2.05) is 0 Å². The van der Waals surface area contributed by atoms with Gasteiger partial charge >= 0.3 is 5.97 Å². The lowest BCUT2D eigenvalue weighted by molar-refractivity contribution is -0.144. The largest absolute Gasteiger partial charge is 0.487 e. The summed E-state index contributed by atoms with van der Waals surface area (Å²) in [6, 6.07) is 6.90. The summed E-state index contributed by atoms with van der Waals surface area (Å²) in [6.07, 6.45) is 2.50. The summed E-state index contributed by atoms with van der Waals surface area (Å²) in [5, 5.41) is 8.90. The number of benzene rings is 1. The van der Waals surface area contributed by atoms with Crippen molar-refractivity contribution in [2.24, 2.45) is 0 Å². The molecule has 0 unspecified atom stereocenters. The lowest BCUT2D eigenvalue weighted by Gasteiger charge is -2.40. The minimum absolute atomic E-state index is 0.0112. The smallest absolute Gasteiger partial charge is 0.307 e. The van der Waals surface area contributed by atoms with Crippen LogP contribution < -0.4 is 4.74 Å². The van der Waals surface area contributed by atoms with Gasteiger partial charge in [0.05, 0.1) is 6.42 Å². The van der Waals surface area contributed by atoms with Gasteiger partial charge in [-0.05, 0) is 38.3 Å². The highest BCUT2D eigenvalue weighted by atomic mass is 16.5. The van der Waals surface area contributed by atoms with Gasteiger partial charge in [-0.25, -0.2) is 0 Å². The highest BCUT2D eigenvalue weighted by molar-refractivity contribution is 5.94. The van der Waals surface area contributed by atoms with Gasteiger partial charge in [0, 0.05) is 5.56 Å². The van der Waals surface area contributed by atoms with E-state index in [0.717, 1.165) is 19.3 Å². The summed E-state index contributed by atoms with van der Waals surface area (Å²) in [5.74, 6) is -0.303. The van der Waals surface area contributed by atoms with Gasteiger partial charge in [-0.1, -0.05) is 12.1 Å². The van der Waals surface area contributed by atoms with E-state index in [2.05, 4.69) is 0 Å². The van der Waals surface area contributed by atoms with Crippen LogP contribution in [0.5, 0.6) is 5.75 Å². The summed E-state index contributed by atoms with van der Waals surface area (Å²) in [4.78, 5) is 22.1. The van der Waals surface area contributed by atoms with Crippen LogP contribution >= 0.6 is 0 Å². The van der Waals surface area contributed by atoms with Crippen molar-refractivity contribution in [3.63, 3.8) is 0 Å². The number of hydrogen-bond acceptors (Lipinski definition) is 3. The van der Waals surface area contributed by atoms with Gasteiger partial charge in [0.1, 0.15) is 11.4 Å². The molecule has 1 aromatic carbocycles. The van der Waals surface area contributed by atoms with Crippen LogP contribution in [0, 0.1) is 0 Å². The van der Waals surface area contributed by atoms with E-state index >= 15 is 0 Å². The molecule has 1 aliphatic carbocycles. The first-order valence-electron chi connectivity index (χ1n) is 6.03. The molecule has 96 valence electrons. The first-order chi connectivity index (χ1) is 8.51. The van der Waals surface area contributed by atoms with Gasteiger partial charge in [-0.2, -0.15) is 0 Å². The number of aliphatic carboxylic acids is 1. The van der Waals surface area contributed by atoms with E-state index in [9.17, 15) is 9.59 Å². The van der Waals surface area contributed by atoms with Crippen LogP contribution in [0.3, 0.4) is 0 Å². The van der Waals surface area contributed by atoms with Crippen molar-refractivity contribution < 1.29 is 19.4 Å².